The Bertz CT molecular complexity index is 1230. The van der Waals surface area contributed by atoms with Gasteiger partial charge in [0, 0.05) is 11.5 Å². The van der Waals surface area contributed by atoms with Gasteiger partial charge in [0.25, 0.3) is 0 Å². The molecule has 172 valence electrons. The second kappa shape index (κ2) is 9.49. The Morgan fingerprint density at radius 1 is 1.16 bits per heavy atom. The summed E-state index contributed by atoms with van der Waals surface area (Å²) in [4.78, 5) is 12.3. The van der Waals surface area contributed by atoms with Gasteiger partial charge in [0.05, 0.1) is 12.7 Å². The fraction of sp³-hybridized carbons (Fsp3) is 0.318. The van der Waals surface area contributed by atoms with Gasteiger partial charge in [-0.05, 0) is 51.5 Å². The van der Waals surface area contributed by atoms with Crippen LogP contribution < -0.4 is 13.7 Å². The van der Waals surface area contributed by atoms with Crippen LogP contribution in [-0.2, 0) is 21.7 Å². The molecule has 3 aromatic rings. The van der Waals surface area contributed by atoms with Crippen molar-refractivity contribution in [2.45, 2.75) is 40.4 Å². The van der Waals surface area contributed by atoms with Crippen molar-refractivity contribution >= 4 is 27.3 Å². The summed E-state index contributed by atoms with van der Waals surface area (Å²) in [5.41, 5.74) is 1.15. The fourth-order valence-electron chi connectivity index (χ4n) is 3.12. The van der Waals surface area contributed by atoms with E-state index in [-0.39, 0.29) is 53.1 Å². The summed E-state index contributed by atoms with van der Waals surface area (Å²) in [6, 6.07) is 9.85. The van der Waals surface area contributed by atoms with Gasteiger partial charge in [0.2, 0.25) is 0 Å². The van der Waals surface area contributed by atoms with E-state index in [1.165, 1.54) is 12.1 Å². The molecule has 3 rings (SSSR count). The van der Waals surface area contributed by atoms with Crippen LogP contribution in [0.2, 0.25) is 0 Å². The first-order valence-electron chi connectivity index (χ1n) is 9.87. The van der Waals surface area contributed by atoms with Gasteiger partial charge in [0.15, 0.2) is 11.5 Å². The van der Waals surface area contributed by atoms with Crippen molar-refractivity contribution in [2.75, 3.05) is 6.61 Å². The topological polar surface area (TPSA) is 122 Å². The number of ether oxygens (including phenoxy) is 3. The smallest absolute Gasteiger partial charge is 0.446 e. The zero-order chi connectivity index (χ0) is 23.5. The summed E-state index contributed by atoms with van der Waals surface area (Å²) < 4.78 is 58.8. The molecule has 10 heteroatoms. The summed E-state index contributed by atoms with van der Waals surface area (Å²) in [7, 11) is -4.85. The number of hydrogen-bond donors (Lipinski definition) is 1. The molecule has 0 unspecified atom stereocenters. The lowest BCUT2D eigenvalue weighted by atomic mass is 10.1. The van der Waals surface area contributed by atoms with Crippen LogP contribution in [0, 0.1) is 6.92 Å². The first-order chi connectivity index (χ1) is 15.1. The van der Waals surface area contributed by atoms with E-state index in [0.29, 0.717) is 5.75 Å². The Hall–Kier alpha value is -3.24. The van der Waals surface area contributed by atoms with E-state index >= 15 is 0 Å². The number of esters is 1. The molecule has 32 heavy (non-hydrogen) atoms. The number of carbonyl (C=O) groups excluding carboxylic acids is 1. The van der Waals surface area contributed by atoms with Crippen molar-refractivity contribution in [3.8, 4) is 17.2 Å². The van der Waals surface area contributed by atoms with Crippen LogP contribution in [-0.4, -0.2) is 31.7 Å². The summed E-state index contributed by atoms with van der Waals surface area (Å²) in [6.45, 7) is 7.26. The number of benzene rings is 2. The highest BCUT2D eigenvalue weighted by Crippen LogP contribution is 2.38. The standard InChI is InChI=1S/C22H24O9S/c1-5-27-22(23)21-14(4)30-18-11-19(20(10-17(18)21)31-32(24,25)26)28-12-15-7-6-8-16(9-15)29-13(2)3/h6-11,13H,5,12H2,1-4H3,(H,24,25,26). The summed E-state index contributed by atoms with van der Waals surface area (Å²) in [5.74, 6) is 0.00577. The maximum atomic E-state index is 12.3. The molecule has 0 fully saturated rings. The molecule has 0 spiro atoms. The number of fused-ring (bicyclic) bond motifs is 1. The van der Waals surface area contributed by atoms with Gasteiger partial charge in [-0.2, -0.15) is 8.42 Å². The van der Waals surface area contributed by atoms with E-state index in [9.17, 15) is 17.8 Å². The van der Waals surface area contributed by atoms with Gasteiger partial charge in [-0.15, -0.1) is 0 Å². The molecule has 0 saturated heterocycles. The zero-order valence-electron chi connectivity index (χ0n) is 18.1. The van der Waals surface area contributed by atoms with Crippen LogP contribution in [0.15, 0.2) is 40.8 Å². The average Bonchev–Trinajstić information content (AvgIpc) is 2.99. The van der Waals surface area contributed by atoms with E-state index in [1.807, 2.05) is 26.0 Å². The molecule has 0 amide bonds. The van der Waals surface area contributed by atoms with Gasteiger partial charge in [-0.3, -0.25) is 4.55 Å². The minimum atomic E-state index is -4.85. The molecule has 1 N–H and O–H groups in total. The minimum Gasteiger partial charge on any atom is -0.491 e. The summed E-state index contributed by atoms with van der Waals surface area (Å²) in [6.07, 6.45) is -0.000810. The predicted molar refractivity (Wildman–Crippen MR) is 116 cm³/mol. The molecule has 0 aliphatic heterocycles. The third-order valence-electron chi connectivity index (χ3n) is 4.27. The number of rotatable bonds is 9. The number of furan rings is 1. The highest BCUT2D eigenvalue weighted by molar-refractivity contribution is 7.81. The Morgan fingerprint density at radius 3 is 2.56 bits per heavy atom. The summed E-state index contributed by atoms with van der Waals surface area (Å²) >= 11 is 0. The minimum absolute atomic E-state index is 0.000810. The van der Waals surface area contributed by atoms with Crippen LogP contribution >= 0.6 is 0 Å². The zero-order valence-corrected chi connectivity index (χ0v) is 18.9. The van der Waals surface area contributed by atoms with Gasteiger partial charge < -0.3 is 22.8 Å². The van der Waals surface area contributed by atoms with Crippen molar-refractivity contribution in [1.82, 2.24) is 0 Å². The Morgan fingerprint density at radius 2 is 1.91 bits per heavy atom. The van der Waals surface area contributed by atoms with E-state index in [2.05, 4.69) is 0 Å². The first-order valence-corrected chi connectivity index (χ1v) is 11.2. The molecular weight excluding hydrogens is 440 g/mol. The average molecular weight is 464 g/mol. The van der Waals surface area contributed by atoms with Crippen molar-refractivity contribution in [3.63, 3.8) is 0 Å². The second-order valence-corrected chi connectivity index (χ2v) is 8.18. The lowest BCUT2D eigenvalue weighted by Gasteiger charge is -2.13. The molecule has 2 aromatic carbocycles. The monoisotopic (exact) mass is 464 g/mol. The lowest BCUT2D eigenvalue weighted by Crippen LogP contribution is -2.09. The number of hydrogen-bond acceptors (Lipinski definition) is 8. The van der Waals surface area contributed by atoms with Crippen molar-refractivity contribution in [3.05, 3.63) is 53.3 Å². The highest BCUT2D eigenvalue weighted by Gasteiger charge is 2.24. The lowest BCUT2D eigenvalue weighted by molar-refractivity contribution is 0.0526. The van der Waals surface area contributed by atoms with E-state index in [4.69, 9.17) is 22.8 Å². The van der Waals surface area contributed by atoms with Crippen LogP contribution in [0.1, 0.15) is 42.5 Å². The third-order valence-corrected chi connectivity index (χ3v) is 4.66. The SMILES string of the molecule is CCOC(=O)c1c(C)oc2cc(OCc3cccc(OC(C)C)c3)c(OS(=O)(=O)O)cc12. The number of aryl methyl sites for hydroxylation is 1. The number of carbonyl (C=O) groups is 1. The van der Waals surface area contributed by atoms with Crippen LogP contribution in [0.3, 0.4) is 0 Å². The normalized spacial score (nSPS) is 11.6. The van der Waals surface area contributed by atoms with Crippen molar-refractivity contribution in [2.24, 2.45) is 0 Å². The molecule has 1 aromatic heterocycles. The van der Waals surface area contributed by atoms with E-state index in [0.717, 1.165) is 5.56 Å². The predicted octanol–water partition coefficient (Wildman–Crippen LogP) is 4.47. The Kier molecular flexibility index (Phi) is 6.95. The van der Waals surface area contributed by atoms with Gasteiger partial charge in [-0.25, -0.2) is 4.79 Å². The maximum absolute atomic E-state index is 12.3. The van der Waals surface area contributed by atoms with Gasteiger partial charge >= 0.3 is 16.4 Å². The molecule has 0 aliphatic rings. The maximum Gasteiger partial charge on any atom is 0.446 e. The fourth-order valence-corrected chi connectivity index (χ4v) is 3.47. The molecular formula is C22H24O9S. The van der Waals surface area contributed by atoms with E-state index < -0.39 is 16.4 Å². The van der Waals surface area contributed by atoms with Gasteiger partial charge in [-0.1, -0.05) is 12.1 Å². The molecule has 0 aliphatic carbocycles. The van der Waals surface area contributed by atoms with Gasteiger partial charge in [0.1, 0.15) is 29.3 Å². The first kappa shape index (κ1) is 23.4. The van der Waals surface area contributed by atoms with Crippen molar-refractivity contribution in [1.29, 1.82) is 0 Å². The third kappa shape index (κ3) is 5.71. The Balaban J connectivity index is 1.98. The molecule has 1 heterocycles. The van der Waals surface area contributed by atoms with Crippen LogP contribution in [0.25, 0.3) is 11.0 Å². The molecule has 0 bridgehead atoms. The molecule has 0 radical (unpaired) electrons. The van der Waals surface area contributed by atoms with Crippen LogP contribution in [0.4, 0.5) is 0 Å². The second-order valence-electron chi connectivity index (χ2n) is 7.16. The van der Waals surface area contributed by atoms with E-state index in [1.54, 1.807) is 26.0 Å². The molecule has 0 atom stereocenters. The van der Waals surface area contributed by atoms with Crippen molar-refractivity contribution < 1.29 is 40.6 Å². The van der Waals surface area contributed by atoms with Crippen LogP contribution in [0.5, 0.6) is 17.2 Å². The molecule has 0 saturated carbocycles. The largest absolute Gasteiger partial charge is 0.491 e. The molecule has 9 nitrogen and oxygen atoms in total. The quantitative estimate of drug-likeness (QED) is 0.361. The Labute approximate surface area is 185 Å². The highest BCUT2D eigenvalue weighted by atomic mass is 32.3. The summed E-state index contributed by atoms with van der Waals surface area (Å²) in [5, 5.41) is 0.263.